The van der Waals surface area contributed by atoms with Crippen LogP contribution in [-0.2, 0) is 14.6 Å². The van der Waals surface area contributed by atoms with Crippen molar-refractivity contribution in [2.75, 3.05) is 55.9 Å². The standard InChI is InChI=1S/C22H25FN6O3S/c1-33(30,31)21-11-17(25-22-24-15-29(26-22)18-4-2-3-16(23)9-18)10-19(12-21)27-5-7-28(8-6-27)20-13-32-14-20/h2-4,9-12,15,20H,5-8,13-14H2,1H3,(H,25,26). The second-order valence-corrected chi connectivity index (χ2v) is 10.3. The lowest BCUT2D eigenvalue weighted by molar-refractivity contribution is -0.0660. The van der Waals surface area contributed by atoms with Crippen molar-refractivity contribution in [3.8, 4) is 5.69 Å². The smallest absolute Gasteiger partial charge is 0.246 e. The molecule has 2 saturated heterocycles. The molecule has 2 aliphatic rings. The van der Waals surface area contributed by atoms with Gasteiger partial charge in [0, 0.05) is 43.8 Å². The van der Waals surface area contributed by atoms with E-state index in [0.717, 1.165) is 45.1 Å². The number of piperazine rings is 1. The van der Waals surface area contributed by atoms with Crippen LogP contribution in [0.1, 0.15) is 0 Å². The summed E-state index contributed by atoms with van der Waals surface area (Å²) in [7, 11) is -3.42. The highest BCUT2D eigenvalue weighted by Crippen LogP contribution is 2.28. The highest BCUT2D eigenvalue weighted by Gasteiger charge is 2.29. The lowest BCUT2D eigenvalue weighted by Crippen LogP contribution is -2.56. The first-order valence-electron chi connectivity index (χ1n) is 10.7. The summed E-state index contributed by atoms with van der Waals surface area (Å²) < 4.78 is 45.0. The molecule has 33 heavy (non-hydrogen) atoms. The van der Waals surface area contributed by atoms with Gasteiger partial charge in [-0.2, -0.15) is 4.98 Å². The van der Waals surface area contributed by atoms with Crippen LogP contribution in [0.3, 0.4) is 0 Å². The van der Waals surface area contributed by atoms with E-state index < -0.39 is 9.84 Å². The van der Waals surface area contributed by atoms with Gasteiger partial charge in [-0.25, -0.2) is 17.5 Å². The van der Waals surface area contributed by atoms with Crippen LogP contribution in [0.15, 0.2) is 53.7 Å². The second-order valence-electron chi connectivity index (χ2n) is 8.32. The van der Waals surface area contributed by atoms with Crippen molar-refractivity contribution >= 4 is 27.2 Å². The number of ether oxygens (including phenoxy) is 1. The third-order valence-electron chi connectivity index (χ3n) is 5.96. The Labute approximate surface area is 191 Å². The van der Waals surface area contributed by atoms with Crippen LogP contribution in [-0.4, -0.2) is 79.8 Å². The van der Waals surface area contributed by atoms with E-state index in [-0.39, 0.29) is 16.7 Å². The van der Waals surface area contributed by atoms with Gasteiger partial charge >= 0.3 is 0 Å². The normalized spacial score (nSPS) is 17.7. The molecule has 0 unspecified atom stereocenters. The molecule has 0 radical (unpaired) electrons. The minimum absolute atomic E-state index is 0.224. The van der Waals surface area contributed by atoms with Gasteiger partial charge in [0.15, 0.2) is 9.84 Å². The fourth-order valence-electron chi connectivity index (χ4n) is 4.02. The number of aromatic nitrogens is 3. The van der Waals surface area contributed by atoms with Crippen molar-refractivity contribution in [3.05, 3.63) is 54.6 Å². The van der Waals surface area contributed by atoms with Crippen LogP contribution in [0.5, 0.6) is 0 Å². The fraction of sp³-hybridized carbons (Fsp3) is 0.364. The van der Waals surface area contributed by atoms with Crippen molar-refractivity contribution in [2.45, 2.75) is 10.9 Å². The summed E-state index contributed by atoms with van der Waals surface area (Å²) in [4.78, 5) is 9.07. The first-order chi connectivity index (χ1) is 15.8. The average molecular weight is 473 g/mol. The number of nitrogens with one attached hydrogen (secondary N) is 1. The van der Waals surface area contributed by atoms with E-state index in [1.54, 1.807) is 24.3 Å². The number of anilines is 3. The molecule has 1 aromatic heterocycles. The summed E-state index contributed by atoms with van der Waals surface area (Å²) in [6, 6.07) is 11.7. The summed E-state index contributed by atoms with van der Waals surface area (Å²) in [6.45, 7) is 4.98. The fourth-order valence-corrected chi connectivity index (χ4v) is 4.70. The quantitative estimate of drug-likeness (QED) is 0.583. The minimum Gasteiger partial charge on any atom is -0.378 e. The van der Waals surface area contributed by atoms with E-state index in [1.807, 2.05) is 6.07 Å². The van der Waals surface area contributed by atoms with Gasteiger partial charge in [0.1, 0.15) is 12.1 Å². The number of benzene rings is 2. The van der Waals surface area contributed by atoms with Crippen LogP contribution >= 0.6 is 0 Å². The number of hydrogen-bond acceptors (Lipinski definition) is 8. The van der Waals surface area contributed by atoms with Crippen molar-refractivity contribution in [2.24, 2.45) is 0 Å². The molecule has 174 valence electrons. The molecule has 11 heteroatoms. The molecule has 9 nitrogen and oxygen atoms in total. The third-order valence-corrected chi connectivity index (χ3v) is 7.05. The number of rotatable bonds is 6. The molecule has 5 rings (SSSR count). The molecule has 2 aromatic carbocycles. The van der Waals surface area contributed by atoms with Crippen molar-refractivity contribution in [1.82, 2.24) is 19.7 Å². The number of sulfone groups is 1. The Bertz CT molecular complexity index is 1250. The molecular formula is C22H25FN6O3S. The van der Waals surface area contributed by atoms with Gasteiger partial charge < -0.3 is 15.0 Å². The monoisotopic (exact) mass is 472 g/mol. The Balaban J connectivity index is 1.37. The largest absolute Gasteiger partial charge is 0.378 e. The molecular weight excluding hydrogens is 447 g/mol. The minimum atomic E-state index is -3.42. The SMILES string of the molecule is CS(=O)(=O)c1cc(Nc2ncn(-c3cccc(F)c3)n2)cc(N2CCN(C3COC3)CC2)c1. The van der Waals surface area contributed by atoms with Gasteiger partial charge in [0.2, 0.25) is 5.95 Å². The Morgan fingerprint density at radius 2 is 1.85 bits per heavy atom. The van der Waals surface area contributed by atoms with E-state index >= 15 is 0 Å². The average Bonchev–Trinajstić information content (AvgIpc) is 3.21. The Morgan fingerprint density at radius 3 is 2.52 bits per heavy atom. The number of hydrogen-bond donors (Lipinski definition) is 1. The molecule has 3 aromatic rings. The van der Waals surface area contributed by atoms with Gasteiger partial charge in [-0.05, 0) is 36.4 Å². The predicted octanol–water partition coefficient (Wildman–Crippen LogP) is 2.07. The molecule has 3 heterocycles. The summed E-state index contributed by atoms with van der Waals surface area (Å²) in [5.74, 6) is -0.0846. The van der Waals surface area contributed by atoms with Crippen LogP contribution in [0.25, 0.3) is 5.69 Å². The molecule has 0 bridgehead atoms. The molecule has 0 amide bonds. The predicted molar refractivity (Wildman–Crippen MR) is 123 cm³/mol. The first kappa shape index (κ1) is 21.8. The van der Waals surface area contributed by atoms with E-state index in [0.29, 0.717) is 17.4 Å². The molecule has 2 fully saturated rings. The lowest BCUT2D eigenvalue weighted by atomic mass is 10.1. The van der Waals surface area contributed by atoms with Crippen LogP contribution < -0.4 is 10.2 Å². The van der Waals surface area contributed by atoms with E-state index in [1.165, 1.54) is 29.4 Å². The van der Waals surface area contributed by atoms with Gasteiger partial charge in [-0.3, -0.25) is 4.90 Å². The van der Waals surface area contributed by atoms with Gasteiger partial charge in [-0.1, -0.05) is 6.07 Å². The molecule has 0 spiro atoms. The van der Waals surface area contributed by atoms with Crippen LogP contribution in [0.4, 0.5) is 21.7 Å². The summed E-state index contributed by atoms with van der Waals surface area (Å²) in [5.41, 5.74) is 1.94. The molecule has 1 N–H and O–H groups in total. The van der Waals surface area contributed by atoms with Gasteiger partial charge in [0.05, 0.1) is 29.8 Å². The molecule has 0 aliphatic carbocycles. The van der Waals surface area contributed by atoms with Gasteiger partial charge in [-0.15, -0.1) is 5.10 Å². The highest BCUT2D eigenvalue weighted by atomic mass is 32.2. The maximum Gasteiger partial charge on any atom is 0.246 e. The van der Waals surface area contributed by atoms with Crippen molar-refractivity contribution in [1.29, 1.82) is 0 Å². The number of nitrogens with zero attached hydrogens (tertiary/aromatic N) is 5. The van der Waals surface area contributed by atoms with E-state index in [9.17, 15) is 12.8 Å². The zero-order valence-electron chi connectivity index (χ0n) is 18.2. The second kappa shape index (κ2) is 8.73. The lowest BCUT2D eigenvalue weighted by Gasteiger charge is -2.43. The van der Waals surface area contributed by atoms with Crippen LogP contribution in [0, 0.1) is 5.82 Å². The Kier molecular flexibility index (Phi) is 5.77. The Hall–Kier alpha value is -3.02. The van der Waals surface area contributed by atoms with E-state index in [2.05, 4.69) is 25.2 Å². The maximum absolute atomic E-state index is 13.5. The number of halogens is 1. The topological polar surface area (TPSA) is 92.6 Å². The molecule has 0 atom stereocenters. The Morgan fingerprint density at radius 1 is 1.06 bits per heavy atom. The third kappa shape index (κ3) is 4.85. The summed E-state index contributed by atoms with van der Waals surface area (Å²) in [5, 5.41) is 7.43. The zero-order chi connectivity index (χ0) is 23.0. The van der Waals surface area contributed by atoms with Crippen molar-refractivity contribution in [3.63, 3.8) is 0 Å². The summed E-state index contributed by atoms with van der Waals surface area (Å²) >= 11 is 0. The zero-order valence-corrected chi connectivity index (χ0v) is 19.0. The molecule has 0 saturated carbocycles. The van der Waals surface area contributed by atoms with E-state index in [4.69, 9.17) is 4.74 Å². The van der Waals surface area contributed by atoms with Crippen molar-refractivity contribution < 1.29 is 17.5 Å². The molecule has 2 aliphatic heterocycles. The van der Waals surface area contributed by atoms with Crippen LogP contribution in [0.2, 0.25) is 0 Å². The highest BCUT2D eigenvalue weighted by molar-refractivity contribution is 7.90. The van der Waals surface area contributed by atoms with Gasteiger partial charge in [0.25, 0.3) is 0 Å². The maximum atomic E-state index is 13.5. The summed E-state index contributed by atoms with van der Waals surface area (Å²) in [6.07, 6.45) is 2.67. The first-order valence-corrected chi connectivity index (χ1v) is 12.6.